The van der Waals surface area contributed by atoms with Gasteiger partial charge < -0.3 is 9.15 Å². The number of hydrogen-bond acceptors (Lipinski definition) is 6. The first-order valence-electron chi connectivity index (χ1n) is 8.85. The van der Waals surface area contributed by atoms with E-state index in [9.17, 15) is 8.42 Å². The van der Waals surface area contributed by atoms with Crippen molar-refractivity contribution in [3.63, 3.8) is 0 Å². The molecule has 4 aromatic rings. The molecule has 144 valence electrons. The largest absolute Gasteiger partial charge is 0.489 e. The lowest BCUT2D eigenvalue weighted by Crippen LogP contribution is -2.37. The monoisotopic (exact) mass is 422 g/mol. The molecule has 3 heterocycles. The van der Waals surface area contributed by atoms with Crippen LogP contribution in [0.25, 0.3) is 21.4 Å². The Morgan fingerprint density at radius 2 is 1.93 bits per heavy atom. The molecule has 29 heavy (non-hydrogen) atoms. The van der Waals surface area contributed by atoms with Crippen LogP contribution in [0.2, 0.25) is 0 Å². The molecule has 0 amide bonds. The van der Waals surface area contributed by atoms with E-state index in [2.05, 4.69) is 6.07 Å². The summed E-state index contributed by atoms with van der Waals surface area (Å²) in [5.41, 5.74) is 1.81. The Morgan fingerprint density at radius 3 is 2.72 bits per heavy atom. The minimum absolute atomic E-state index is 0.0974. The Labute approximate surface area is 171 Å². The summed E-state index contributed by atoms with van der Waals surface area (Å²) in [5, 5.41) is 9.70. The minimum Gasteiger partial charge on any atom is -0.489 e. The Bertz CT molecular complexity index is 1350. The van der Waals surface area contributed by atoms with Gasteiger partial charge in [0, 0.05) is 16.3 Å². The Kier molecular flexibility index (Phi) is 4.08. The Balaban J connectivity index is 1.60. The lowest BCUT2D eigenvalue weighted by molar-refractivity contribution is 0.315. The molecule has 6 nitrogen and oxygen atoms in total. The van der Waals surface area contributed by atoms with Gasteiger partial charge in [-0.05, 0) is 42.0 Å². The minimum atomic E-state index is -3.90. The van der Waals surface area contributed by atoms with Crippen molar-refractivity contribution in [3.8, 4) is 22.3 Å². The van der Waals surface area contributed by atoms with Gasteiger partial charge >= 0.3 is 0 Å². The van der Waals surface area contributed by atoms with Crippen LogP contribution < -0.4 is 9.04 Å². The molecule has 0 spiro atoms. The van der Waals surface area contributed by atoms with Gasteiger partial charge in [0.05, 0.1) is 12.2 Å². The molecular weight excluding hydrogens is 408 g/mol. The first-order valence-corrected chi connectivity index (χ1v) is 11.1. The van der Waals surface area contributed by atoms with E-state index in [4.69, 9.17) is 14.4 Å². The molecule has 0 fully saturated rings. The number of nitriles is 1. The van der Waals surface area contributed by atoms with Crippen LogP contribution in [0, 0.1) is 11.3 Å². The van der Waals surface area contributed by atoms with Gasteiger partial charge in [-0.2, -0.15) is 13.7 Å². The molecule has 1 aliphatic heterocycles. The fourth-order valence-corrected chi connectivity index (χ4v) is 5.55. The van der Waals surface area contributed by atoms with Crippen molar-refractivity contribution in [2.75, 3.05) is 17.5 Å². The van der Waals surface area contributed by atoms with Crippen LogP contribution in [0.1, 0.15) is 4.88 Å². The second-order valence-corrected chi connectivity index (χ2v) is 9.36. The van der Waals surface area contributed by atoms with Gasteiger partial charge in [0.1, 0.15) is 28.9 Å². The molecule has 0 unspecified atom stereocenters. The lowest BCUT2D eigenvalue weighted by Gasteiger charge is -2.30. The van der Waals surface area contributed by atoms with E-state index in [1.165, 1.54) is 15.6 Å². The van der Waals surface area contributed by atoms with Gasteiger partial charge in [-0.15, -0.1) is 11.3 Å². The molecule has 8 heteroatoms. The summed E-state index contributed by atoms with van der Waals surface area (Å²) in [6, 6.07) is 19.9. The van der Waals surface area contributed by atoms with Crippen molar-refractivity contribution < 1.29 is 17.6 Å². The highest BCUT2D eigenvalue weighted by Crippen LogP contribution is 2.40. The summed E-state index contributed by atoms with van der Waals surface area (Å²) in [6.45, 7) is 0.438. The van der Waals surface area contributed by atoms with Crippen molar-refractivity contribution in [2.24, 2.45) is 0 Å². The summed E-state index contributed by atoms with van der Waals surface area (Å²) in [5.74, 6) is 0.497. The van der Waals surface area contributed by atoms with Crippen molar-refractivity contribution in [1.29, 1.82) is 5.26 Å². The zero-order valence-electron chi connectivity index (χ0n) is 15.0. The van der Waals surface area contributed by atoms with E-state index < -0.39 is 10.0 Å². The molecule has 2 aromatic carbocycles. The predicted octanol–water partition coefficient (Wildman–Crippen LogP) is 4.62. The van der Waals surface area contributed by atoms with E-state index in [1.807, 2.05) is 24.3 Å². The van der Waals surface area contributed by atoms with Crippen LogP contribution in [0.3, 0.4) is 0 Å². The molecule has 0 radical (unpaired) electrons. The van der Waals surface area contributed by atoms with E-state index in [0.717, 1.165) is 15.8 Å². The van der Waals surface area contributed by atoms with Gasteiger partial charge in [-0.3, -0.25) is 4.31 Å². The molecule has 2 aromatic heterocycles. The maximum absolute atomic E-state index is 13.4. The number of furan rings is 1. The second kappa shape index (κ2) is 6.65. The fraction of sp³-hybridized carbons (Fsp3) is 0.0952. The molecule has 0 N–H and O–H groups in total. The molecule has 0 saturated carbocycles. The first kappa shape index (κ1) is 17.8. The van der Waals surface area contributed by atoms with E-state index >= 15 is 0 Å². The van der Waals surface area contributed by atoms with Crippen molar-refractivity contribution >= 4 is 38.0 Å². The highest BCUT2D eigenvalue weighted by Gasteiger charge is 2.33. The summed E-state index contributed by atoms with van der Waals surface area (Å²) in [7, 11) is -3.90. The molecular formula is C21H14N2O4S2. The van der Waals surface area contributed by atoms with Crippen LogP contribution in [-0.4, -0.2) is 21.6 Å². The number of sulfonamides is 1. The van der Waals surface area contributed by atoms with Crippen LogP contribution in [-0.2, 0) is 10.0 Å². The Hall–Kier alpha value is -3.28. The molecule has 0 saturated heterocycles. The average molecular weight is 422 g/mol. The zero-order chi connectivity index (χ0) is 20.0. The third-order valence-corrected chi connectivity index (χ3v) is 7.44. The quantitative estimate of drug-likeness (QED) is 0.481. The number of nitrogens with zero attached hydrogens (tertiary/aromatic N) is 2. The number of rotatable bonds is 3. The fourth-order valence-electron chi connectivity index (χ4n) is 3.34. The SMILES string of the molecule is N#Cc1ccc(-c2ccc3c(c2)N(S(=O)(=O)c2cc4ccccc4o2)CCO3)s1. The normalized spacial score (nSPS) is 13.7. The maximum atomic E-state index is 13.4. The number of benzene rings is 2. The van der Waals surface area contributed by atoms with Crippen molar-refractivity contribution in [2.45, 2.75) is 5.09 Å². The highest BCUT2D eigenvalue weighted by atomic mass is 32.2. The number of fused-ring (bicyclic) bond motifs is 2. The molecule has 5 rings (SSSR count). The predicted molar refractivity (Wildman–Crippen MR) is 111 cm³/mol. The molecule has 0 atom stereocenters. The van der Waals surface area contributed by atoms with Crippen molar-refractivity contribution in [1.82, 2.24) is 0 Å². The van der Waals surface area contributed by atoms with Gasteiger partial charge in [0.2, 0.25) is 5.09 Å². The van der Waals surface area contributed by atoms with Gasteiger partial charge in [0.25, 0.3) is 10.0 Å². The zero-order valence-corrected chi connectivity index (χ0v) is 16.7. The maximum Gasteiger partial charge on any atom is 0.298 e. The first-order chi connectivity index (χ1) is 14.1. The van der Waals surface area contributed by atoms with Gasteiger partial charge in [-0.1, -0.05) is 18.2 Å². The smallest absolute Gasteiger partial charge is 0.298 e. The summed E-state index contributed by atoms with van der Waals surface area (Å²) >= 11 is 1.36. The van der Waals surface area contributed by atoms with E-state index in [-0.39, 0.29) is 18.2 Å². The van der Waals surface area contributed by atoms with Crippen LogP contribution in [0.15, 0.2) is 70.2 Å². The molecule has 1 aliphatic rings. The third-order valence-electron chi connectivity index (χ3n) is 4.73. The number of hydrogen-bond donors (Lipinski definition) is 0. The number of para-hydroxylation sites is 1. The van der Waals surface area contributed by atoms with Gasteiger partial charge in [0.15, 0.2) is 0 Å². The Morgan fingerprint density at radius 1 is 1.07 bits per heavy atom. The lowest BCUT2D eigenvalue weighted by atomic mass is 10.1. The molecule has 0 bridgehead atoms. The summed E-state index contributed by atoms with van der Waals surface area (Å²) in [4.78, 5) is 1.48. The number of anilines is 1. The van der Waals surface area contributed by atoms with Crippen LogP contribution in [0.5, 0.6) is 5.75 Å². The second-order valence-electron chi connectivity index (χ2n) is 6.49. The average Bonchev–Trinajstić information content (AvgIpc) is 3.40. The van der Waals surface area contributed by atoms with E-state index in [1.54, 1.807) is 36.4 Å². The summed E-state index contributed by atoms with van der Waals surface area (Å²) in [6.07, 6.45) is 0. The standard InChI is InChI=1S/C21H14N2O4S2/c22-13-16-6-8-20(28-16)15-5-7-19-17(11-15)23(9-10-26-19)29(24,25)21-12-14-3-1-2-4-18(14)27-21/h1-8,11-12H,9-10H2. The number of ether oxygens (including phenoxy) is 1. The van der Waals surface area contributed by atoms with Crippen molar-refractivity contribution in [3.05, 3.63) is 65.5 Å². The van der Waals surface area contributed by atoms with E-state index in [0.29, 0.717) is 21.9 Å². The van der Waals surface area contributed by atoms with Crippen LogP contribution in [0.4, 0.5) is 5.69 Å². The molecule has 0 aliphatic carbocycles. The third kappa shape index (κ3) is 2.95. The number of thiophene rings is 1. The van der Waals surface area contributed by atoms with Crippen LogP contribution >= 0.6 is 11.3 Å². The highest BCUT2D eigenvalue weighted by molar-refractivity contribution is 7.92. The summed E-state index contributed by atoms with van der Waals surface area (Å²) < 4.78 is 39.3. The van der Waals surface area contributed by atoms with Gasteiger partial charge in [-0.25, -0.2) is 0 Å². The topological polar surface area (TPSA) is 83.5 Å².